The van der Waals surface area contributed by atoms with Crippen molar-refractivity contribution in [3.63, 3.8) is 0 Å². The summed E-state index contributed by atoms with van der Waals surface area (Å²) in [5.74, 6) is -2.93. The van der Waals surface area contributed by atoms with Crippen molar-refractivity contribution in [1.82, 2.24) is 10.2 Å². The van der Waals surface area contributed by atoms with E-state index in [0.717, 1.165) is 6.41 Å². The van der Waals surface area contributed by atoms with Gasteiger partial charge in [0.15, 0.2) is 11.6 Å². The van der Waals surface area contributed by atoms with Crippen LogP contribution in [0.2, 0.25) is 0 Å². The number of nitrogens with zero attached hydrogens (tertiary/aromatic N) is 1. The van der Waals surface area contributed by atoms with Gasteiger partial charge in [-0.15, -0.1) is 12.4 Å². The fraction of sp³-hybridized carbons (Fsp3) is 0.909. The Balaban J connectivity index is 0.000000331. The van der Waals surface area contributed by atoms with Crippen molar-refractivity contribution in [1.29, 1.82) is 0 Å². The highest BCUT2D eigenvalue weighted by molar-refractivity contribution is 5.85. The van der Waals surface area contributed by atoms with E-state index in [9.17, 15) is 4.79 Å². The number of nitrogens with one attached hydrogen (secondary N) is 1. The van der Waals surface area contributed by atoms with Crippen molar-refractivity contribution < 1.29 is 25.2 Å². The third kappa shape index (κ3) is 7.66. The first kappa shape index (κ1) is 18.6. The summed E-state index contributed by atoms with van der Waals surface area (Å²) in [7, 11) is 0. The summed E-state index contributed by atoms with van der Waals surface area (Å²) in [6.45, 7) is 2.31. The average molecular weight is 299 g/mol. The predicted molar refractivity (Wildman–Crippen MR) is 70.6 cm³/mol. The number of hydrogen-bond donors (Lipinski definition) is 5. The van der Waals surface area contributed by atoms with Crippen molar-refractivity contribution in [3.05, 3.63) is 0 Å². The highest BCUT2D eigenvalue weighted by Gasteiger charge is 2.28. The summed E-state index contributed by atoms with van der Waals surface area (Å²) in [6.07, 6.45) is 2.15. The summed E-state index contributed by atoms with van der Waals surface area (Å²) < 4.78 is 0. The van der Waals surface area contributed by atoms with Crippen LogP contribution in [-0.4, -0.2) is 69.5 Å². The Morgan fingerprint density at radius 2 is 1.32 bits per heavy atom. The number of rotatable bonds is 1. The molecule has 0 radical (unpaired) electrons. The molecule has 0 aromatic carbocycles. The lowest BCUT2D eigenvalue weighted by atomic mass is 10.1. The van der Waals surface area contributed by atoms with E-state index in [1.807, 2.05) is 0 Å². The number of likely N-dealkylation sites (tertiary alicyclic amines) is 1. The topological polar surface area (TPSA) is 113 Å². The molecule has 0 aromatic rings. The van der Waals surface area contributed by atoms with E-state index >= 15 is 0 Å². The zero-order valence-electron chi connectivity index (χ0n) is 10.8. The maximum Gasteiger partial charge on any atom is 0.209 e. The summed E-state index contributed by atoms with van der Waals surface area (Å²) in [6, 6.07) is 0. The number of hydrogen-bond acceptors (Lipinski definition) is 6. The maximum atomic E-state index is 10.1. The maximum absolute atomic E-state index is 10.1. The molecule has 0 aliphatic carbocycles. The number of piperidine rings is 2. The van der Waals surface area contributed by atoms with Crippen LogP contribution in [-0.2, 0) is 4.79 Å². The van der Waals surface area contributed by atoms with Gasteiger partial charge < -0.3 is 30.6 Å². The Labute approximate surface area is 118 Å². The lowest BCUT2D eigenvalue weighted by Crippen LogP contribution is -2.43. The molecule has 8 heteroatoms. The van der Waals surface area contributed by atoms with Crippen LogP contribution in [0.15, 0.2) is 0 Å². The van der Waals surface area contributed by atoms with E-state index in [1.165, 1.54) is 4.90 Å². The largest absolute Gasteiger partial charge is 0.366 e. The Morgan fingerprint density at radius 1 is 0.895 bits per heavy atom. The Kier molecular flexibility index (Phi) is 7.80. The van der Waals surface area contributed by atoms with Gasteiger partial charge in [-0.1, -0.05) is 0 Å². The standard InChI is InChI=1S/C6H11NO3.C5H11NO2.ClH/c8-5-7-3-1-6(9,10)2-4-7;7-5(8)1-3-6-4-2-5;/h5,9-10H,1-4H2;6-8H,1-4H2;1H. The van der Waals surface area contributed by atoms with Crippen LogP contribution in [0.3, 0.4) is 0 Å². The molecular formula is C11H23ClN2O5. The Bertz CT molecular complexity index is 258. The molecular weight excluding hydrogens is 276 g/mol. The van der Waals surface area contributed by atoms with E-state index < -0.39 is 11.6 Å². The van der Waals surface area contributed by atoms with E-state index in [2.05, 4.69) is 5.32 Å². The van der Waals surface area contributed by atoms with Crippen molar-refractivity contribution in [2.75, 3.05) is 26.2 Å². The van der Waals surface area contributed by atoms with E-state index in [1.54, 1.807) is 0 Å². The van der Waals surface area contributed by atoms with Gasteiger partial charge in [-0.25, -0.2) is 0 Å². The molecule has 0 bridgehead atoms. The van der Waals surface area contributed by atoms with Crippen LogP contribution in [0.25, 0.3) is 0 Å². The molecule has 2 aliphatic rings. The molecule has 5 N–H and O–H groups in total. The molecule has 2 rings (SSSR count). The first-order valence-corrected chi connectivity index (χ1v) is 6.14. The van der Waals surface area contributed by atoms with Crippen LogP contribution in [0, 0.1) is 0 Å². The summed E-state index contributed by atoms with van der Waals surface area (Å²) in [5.41, 5.74) is 0. The first-order valence-electron chi connectivity index (χ1n) is 6.14. The second-order valence-corrected chi connectivity index (χ2v) is 4.86. The monoisotopic (exact) mass is 298 g/mol. The minimum absolute atomic E-state index is 0. The summed E-state index contributed by atoms with van der Waals surface area (Å²) in [4.78, 5) is 11.7. The quantitative estimate of drug-likeness (QED) is 0.294. The molecule has 7 nitrogen and oxygen atoms in total. The molecule has 0 spiro atoms. The van der Waals surface area contributed by atoms with E-state index in [-0.39, 0.29) is 25.2 Å². The van der Waals surface area contributed by atoms with Crippen LogP contribution in [0.4, 0.5) is 0 Å². The molecule has 2 saturated heterocycles. The zero-order valence-corrected chi connectivity index (χ0v) is 11.6. The molecule has 0 saturated carbocycles. The van der Waals surface area contributed by atoms with Crippen molar-refractivity contribution in [2.45, 2.75) is 37.3 Å². The minimum atomic E-state index is -1.54. The van der Waals surface area contributed by atoms with Crippen molar-refractivity contribution in [2.24, 2.45) is 0 Å². The van der Waals surface area contributed by atoms with Gasteiger partial charge in [-0.2, -0.15) is 0 Å². The lowest BCUT2D eigenvalue weighted by Gasteiger charge is -2.32. The molecule has 2 fully saturated rings. The van der Waals surface area contributed by atoms with Crippen molar-refractivity contribution in [3.8, 4) is 0 Å². The smallest absolute Gasteiger partial charge is 0.209 e. The number of amides is 1. The average Bonchev–Trinajstić information content (AvgIpc) is 2.29. The van der Waals surface area contributed by atoms with Gasteiger partial charge in [0.25, 0.3) is 0 Å². The Morgan fingerprint density at radius 3 is 1.63 bits per heavy atom. The minimum Gasteiger partial charge on any atom is -0.366 e. The van der Waals surface area contributed by atoms with Crippen LogP contribution < -0.4 is 5.32 Å². The van der Waals surface area contributed by atoms with Gasteiger partial charge in [0, 0.05) is 51.9 Å². The molecule has 19 heavy (non-hydrogen) atoms. The van der Waals surface area contributed by atoms with Gasteiger partial charge in [-0.3, -0.25) is 4.79 Å². The number of carbonyl (C=O) groups is 1. The molecule has 2 aliphatic heterocycles. The van der Waals surface area contributed by atoms with Gasteiger partial charge in [0.05, 0.1) is 0 Å². The summed E-state index contributed by atoms with van der Waals surface area (Å²) >= 11 is 0. The third-order valence-electron chi connectivity index (χ3n) is 3.15. The normalized spacial score (nSPS) is 24.5. The fourth-order valence-electron chi connectivity index (χ4n) is 1.81. The van der Waals surface area contributed by atoms with Crippen LogP contribution >= 0.6 is 12.4 Å². The second-order valence-electron chi connectivity index (χ2n) is 4.86. The zero-order chi connectivity index (χ0) is 13.6. The van der Waals surface area contributed by atoms with Gasteiger partial charge in [0.2, 0.25) is 6.41 Å². The summed E-state index contributed by atoms with van der Waals surface area (Å²) in [5, 5.41) is 38.8. The van der Waals surface area contributed by atoms with Gasteiger partial charge in [0.1, 0.15) is 0 Å². The fourth-order valence-corrected chi connectivity index (χ4v) is 1.81. The van der Waals surface area contributed by atoms with Crippen LogP contribution in [0.1, 0.15) is 25.7 Å². The van der Waals surface area contributed by atoms with Crippen LogP contribution in [0.5, 0.6) is 0 Å². The number of halogens is 1. The molecule has 1 amide bonds. The van der Waals surface area contributed by atoms with Gasteiger partial charge >= 0.3 is 0 Å². The third-order valence-corrected chi connectivity index (χ3v) is 3.15. The number of aliphatic hydroxyl groups is 4. The molecule has 114 valence electrons. The number of carbonyl (C=O) groups excluding carboxylic acids is 1. The van der Waals surface area contributed by atoms with E-state index in [0.29, 0.717) is 39.0 Å². The lowest BCUT2D eigenvalue weighted by molar-refractivity contribution is -0.188. The first-order chi connectivity index (χ1) is 8.35. The molecule has 2 heterocycles. The predicted octanol–water partition coefficient (Wildman–Crippen LogP) is -1.61. The molecule has 0 unspecified atom stereocenters. The molecule has 0 atom stereocenters. The SMILES string of the molecule is Cl.O=CN1CCC(O)(O)CC1.OC1(O)CCNCC1. The van der Waals surface area contributed by atoms with Gasteiger partial charge in [-0.05, 0) is 0 Å². The van der Waals surface area contributed by atoms with E-state index in [4.69, 9.17) is 20.4 Å². The second kappa shape index (κ2) is 7.98. The Hall–Kier alpha value is -0.440. The highest BCUT2D eigenvalue weighted by atomic mass is 35.5. The highest BCUT2D eigenvalue weighted by Crippen LogP contribution is 2.17. The molecule has 0 aromatic heterocycles. The van der Waals surface area contributed by atoms with Crippen molar-refractivity contribution >= 4 is 18.8 Å².